The van der Waals surface area contributed by atoms with Crippen molar-refractivity contribution in [3.8, 4) is 0 Å². The zero-order chi connectivity index (χ0) is 22.5. The van der Waals surface area contributed by atoms with Crippen LogP contribution in [0.15, 0.2) is 0 Å². The molecule has 3 rings (SSSR count). The molecule has 1 amide bonds. The lowest BCUT2D eigenvalue weighted by molar-refractivity contribution is -0.154. The van der Waals surface area contributed by atoms with Crippen LogP contribution >= 0.6 is 0 Å². The summed E-state index contributed by atoms with van der Waals surface area (Å²) < 4.78 is 113. The molecular formula is C16H23F5N2O5S2. The summed E-state index contributed by atoms with van der Waals surface area (Å²) in [7, 11) is -13.1. The molecule has 0 saturated heterocycles. The summed E-state index contributed by atoms with van der Waals surface area (Å²) in [6, 6.07) is -1.28. The van der Waals surface area contributed by atoms with Crippen molar-refractivity contribution in [1.29, 1.82) is 0 Å². The number of carbonyl (C=O) groups is 1. The number of hydrogen-bond donors (Lipinski definition) is 1. The molecule has 0 spiro atoms. The van der Waals surface area contributed by atoms with E-state index < -0.39 is 48.8 Å². The molecule has 0 aliphatic heterocycles. The van der Waals surface area contributed by atoms with Crippen LogP contribution in [-0.2, 0) is 24.8 Å². The molecule has 0 heterocycles. The van der Waals surface area contributed by atoms with Crippen LogP contribution in [0.5, 0.6) is 0 Å². The minimum atomic E-state index is -6.64. The normalized spacial score (nSPS) is 28.6. The first-order chi connectivity index (χ1) is 13.7. The van der Waals surface area contributed by atoms with E-state index in [1.54, 1.807) is 0 Å². The number of nitrogens with one attached hydrogen (secondary N) is 1. The predicted octanol–water partition coefficient (Wildman–Crippen LogP) is 2.70. The Morgan fingerprint density at radius 3 is 1.90 bits per heavy atom. The number of hydrogen-bond acceptors (Lipinski definition) is 5. The maximum absolute atomic E-state index is 14.7. The van der Waals surface area contributed by atoms with Gasteiger partial charge in [0.25, 0.3) is 0 Å². The smallest absolute Gasteiger partial charge is 0.330 e. The molecule has 0 radical (unpaired) electrons. The molecule has 2 bridgehead atoms. The number of rotatable bonds is 6. The average molecular weight is 482 g/mol. The number of alkyl halides is 5. The van der Waals surface area contributed by atoms with E-state index in [1.807, 2.05) is 0 Å². The number of carbonyl (C=O) groups excluding carboxylic acids is 1. The Bertz CT molecular complexity index is 884. The van der Waals surface area contributed by atoms with Crippen LogP contribution in [0.4, 0.5) is 22.0 Å². The monoisotopic (exact) mass is 482 g/mol. The molecule has 3 aliphatic rings. The molecule has 30 heavy (non-hydrogen) atoms. The highest BCUT2D eigenvalue weighted by molar-refractivity contribution is 8.05. The van der Waals surface area contributed by atoms with E-state index in [1.165, 1.54) is 0 Å². The van der Waals surface area contributed by atoms with Gasteiger partial charge in [-0.25, -0.2) is 16.8 Å². The van der Waals surface area contributed by atoms with Crippen molar-refractivity contribution in [2.24, 2.45) is 11.8 Å². The standard InChI is InChI=1S/C16H23F5N2O5S2/c17-15(18,29(25,26)22-30(27,28)16(19,20)21)14(24)23(12-4-2-1-3-5-12)13-9-10-6-7-11(13)8-10/h10-13,22H,1-9H2. The third-order valence-electron chi connectivity index (χ3n) is 6.37. The van der Waals surface area contributed by atoms with Gasteiger partial charge in [-0.05, 0) is 43.9 Å². The molecule has 0 aromatic carbocycles. The van der Waals surface area contributed by atoms with Gasteiger partial charge in [-0.15, -0.1) is 0 Å². The summed E-state index contributed by atoms with van der Waals surface area (Å²) in [5, 5.41) is -5.37. The molecule has 0 aromatic heterocycles. The lowest BCUT2D eigenvalue weighted by atomic mass is 9.88. The van der Waals surface area contributed by atoms with E-state index >= 15 is 0 Å². The van der Waals surface area contributed by atoms with E-state index in [0.717, 1.165) is 24.2 Å². The molecule has 3 aliphatic carbocycles. The molecular weight excluding hydrogens is 459 g/mol. The topological polar surface area (TPSA) is 101 Å². The summed E-state index contributed by atoms with van der Waals surface area (Å²) in [5.41, 5.74) is -6.13. The van der Waals surface area contributed by atoms with Gasteiger partial charge in [0, 0.05) is 12.1 Å². The Morgan fingerprint density at radius 1 is 0.833 bits per heavy atom. The zero-order valence-corrected chi connectivity index (χ0v) is 17.5. The van der Waals surface area contributed by atoms with Crippen LogP contribution in [0.2, 0.25) is 0 Å². The fourth-order valence-electron chi connectivity index (χ4n) is 5.01. The Labute approximate surface area is 171 Å². The molecule has 14 heteroatoms. The fourth-order valence-corrected chi connectivity index (χ4v) is 7.29. The number of fused-ring (bicyclic) bond motifs is 2. The zero-order valence-electron chi connectivity index (χ0n) is 15.9. The van der Waals surface area contributed by atoms with Crippen molar-refractivity contribution in [2.45, 2.75) is 80.6 Å². The van der Waals surface area contributed by atoms with E-state index in [9.17, 15) is 43.6 Å². The summed E-state index contributed by atoms with van der Waals surface area (Å²) in [6.07, 6.45) is 5.61. The average Bonchev–Trinajstić information content (AvgIpc) is 3.24. The van der Waals surface area contributed by atoms with Crippen LogP contribution in [0.25, 0.3) is 0 Å². The van der Waals surface area contributed by atoms with Gasteiger partial charge in [0.05, 0.1) is 0 Å². The quantitative estimate of drug-likeness (QED) is 0.587. The molecule has 0 aromatic rings. The van der Waals surface area contributed by atoms with Crippen LogP contribution in [-0.4, -0.2) is 50.5 Å². The van der Waals surface area contributed by atoms with Gasteiger partial charge in [0.1, 0.15) is 0 Å². The lowest BCUT2D eigenvalue weighted by Crippen LogP contribution is -2.60. The highest BCUT2D eigenvalue weighted by atomic mass is 32.3. The van der Waals surface area contributed by atoms with Crippen LogP contribution < -0.4 is 4.13 Å². The molecule has 7 nitrogen and oxygen atoms in total. The fraction of sp³-hybridized carbons (Fsp3) is 0.938. The number of sulfonamides is 2. The maximum Gasteiger partial charge on any atom is 0.512 e. The Balaban J connectivity index is 1.92. The first-order valence-electron chi connectivity index (χ1n) is 9.72. The number of amides is 1. The van der Waals surface area contributed by atoms with Crippen molar-refractivity contribution in [3.63, 3.8) is 0 Å². The van der Waals surface area contributed by atoms with Crippen LogP contribution in [0.3, 0.4) is 0 Å². The van der Waals surface area contributed by atoms with Crippen molar-refractivity contribution in [2.75, 3.05) is 0 Å². The molecule has 3 fully saturated rings. The summed E-state index contributed by atoms with van der Waals surface area (Å²) in [6.45, 7) is 0. The second kappa shape index (κ2) is 7.84. The van der Waals surface area contributed by atoms with Gasteiger partial charge in [-0.1, -0.05) is 29.8 Å². The van der Waals surface area contributed by atoms with Crippen molar-refractivity contribution >= 4 is 26.0 Å². The van der Waals surface area contributed by atoms with E-state index in [4.69, 9.17) is 0 Å². The lowest BCUT2D eigenvalue weighted by Gasteiger charge is -2.43. The SMILES string of the molecule is O=C(N(C1CCCCC1)C1CC2CCC1C2)C(F)(F)S(=O)(=O)NS(=O)(=O)C(F)(F)F. The summed E-state index contributed by atoms with van der Waals surface area (Å²) >= 11 is 0. The third kappa shape index (κ3) is 4.18. The van der Waals surface area contributed by atoms with Gasteiger partial charge in [-0.2, -0.15) is 22.0 Å². The van der Waals surface area contributed by atoms with E-state index in [0.29, 0.717) is 38.5 Å². The summed E-state index contributed by atoms with van der Waals surface area (Å²) in [5.74, 6) is -2.00. The van der Waals surface area contributed by atoms with Gasteiger partial charge in [0.15, 0.2) is 0 Å². The first kappa shape index (κ1) is 23.6. The molecule has 3 saturated carbocycles. The van der Waals surface area contributed by atoms with Gasteiger partial charge in [-0.3, -0.25) is 4.79 Å². The highest BCUT2D eigenvalue weighted by Crippen LogP contribution is 2.48. The molecule has 3 unspecified atom stereocenters. The number of nitrogens with zero attached hydrogens (tertiary/aromatic N) is 1. The minimum Gasteiger partial charge on any atom is -0.330 e. The molecule has 174 valence electrons. The predicted molar refractivity (Wildman–Crippen MR) is 94.9 cm³/mol. The molecule has 1 N–H and O–H groups in total. The van der Waals surface area contributed by atoms with Crippen LogP contribution in [0, 0.1) is 11.8 Å². The largest absolute Gasteiger partial charge is 0.512 e. The van der Waals surface area contributed by atoms with Crippen molar-refractivity contribution in [3.05, 3.63) is 0 Å². The Morgan fingerprint density at radius 2 is 1.43 bits per heavy atom. The van der Waals surface area contributed by atoms with Crippen molar-refractivity contribution < 1.29 is 43.6 Å². The summed E-state index contributed by atoms with van der Waals surface area (Å²) in [4.78, 5) is 13.6. The van der Waals surface area contributed by atoms with Gasteiger partial charge < -0.3 is 4.90 Å². The Kier molecular flexibility index (Phi) is 6.18. The van der Waals surface area contributed by atoms with Gasteiger partial charge in [0.2, 0.25) is 0 Å². The van der Waals surface area contributed by atoms with Crippen LogP contribution in [0.1, 0.15) is 57.8 Å². The molecule has 3 atom stereocenters. The van der Waals surface area contributed by atoms with Crippen molar-refractivity contribution in [1.82, 2.24) is 9.03 Å². The second-order valence-corrected chi connectivity index (χ2v) is 12.0. The van der Waals surface area contributed by atoms with E-state index in [2.05, 4.69) is 0 Å². The highest BCUT2D eigenvalue weighted by Gasteiger charge is 2.62. The minimum absolute atomic E-state index is 0.00195. The second-order valence-electron chi connectivity index (χ2n) is 8.30. The third-order valence-corrected chi connectivity index (χ3v) is 9.59. The Hall–Kier alpha value is -1.02. The first-order valence-corrected chi connectivity index (χ1v) is 12.7. The van der Waals surface area contributed by atoms with E-state index in [-0.39, 0.29) is 16.0 Å². The number of halogens is 5. The van der Waals surface area contributed by atoms with Gasteiger partial charge >= 0.3 is 36.7 Å². The maximum atomic E-state index is 14.7.